The molecule has 3 rings (SSSR count). The van der Waals surface area contributed by atoms with Crippen molar-refractivity contribution in [2.24, 2.45) is 0 Å². The van der Waals surface area contributed by atoms with Crippen LogP contribution in [0.2, 0.25) is 0 Å². The Kier molecular flexibility index (Phi) is 10.6. The van der Waals surface area contributed by atoms with Crippen LogP contribution in [-0.2, 0) is 28.9 Å². The zero-order valence-electron chi connectivity index (χ0n) is 24.1. The molecule has 4 amide bonds. The second-order valence-electron chi connectivity index (χ2n) is 10.7. The normalized spacial score (nSPS) is 14.4. The molecular weight excluding hydrogens is 583 g/mol. The quantitative estimate of drug-likeness (QED) is 0.0934. The molecule has 1 unspecified atom stereocenters. The minimum absolute atomic E-state index is 0.0175. The Morgan fingerprint density at radius 2 is 1.70 bits per heavy atom. The number of nitrogens with one attached hydrogen (secondary N) is 2. The molecule has 0 radical (unpaired) electrons. The summed E-state index contributed by atoms with van der Waals surface area (Å²) in [6, 6.07) is 8.08. The topological polar surface area (TPSA) is 194 Å². The molecule has 0 fully saturated rings. The minimum Gasteiger partial charge on any atom is -0.402 e. The molecule has 0 saturated carbocycles. The lowest BCUT2D eigenvalue weighted by Gasteiger charge is -2.19. The fourth-order valence-corrected chi connectivity index (χ4v) is 4.69. The number of nitro groups is 1. The van der Waals surface area contributed by atoms with Gasteiger partial charge in [-0.1, -0.05) is 27.2 Å². The van der Waals surface area contributed by atoms with Crippen molar-refractivity contribution in [2.45, 2.75) is 51.9 Å². The van der Waals surface area contributed by atoms with Crippen molar-refractivity contribution in [1.29, 1.82) is 0 Å². The van der Waals surface area contributed by atoms with Gasteiger partial charge >= 0.3 is 7.82 Å². The Balaban J connectivity index is 1.72. The van der Waals surface area contributed by atoms with Gasteiger partial charge in [0.25, 0.3) is 23.4 Å². The molecule has 0 bridgehead atoms. The standard InChI is InChI=1S/C28H33N4O10P/c1-28(2,3)20-11-10-19(17-22(20)32(37)38)29-27(36)18-9-12-23(42-43(39,40)41-4)21(16-18)30-24(33)8-6-5-7-15-31-25(34)13-14-26(31)35/h9-14,16-17H,5-8,15H2,1-4H3,(H,29,36)(H,30,33)(H,39,40). The lowest BCUT2D eigenvalue weighted by Crippen LogP contribution is -2.30. The zero-order chi connectivity index (χ0) is 31.9. The van der Waals surface area contributed by atoms with Gasteiger partial charge in [0.05, 0.1) is 10.6 Å². The summed E-state index contributed by atoms with van der Waals surface area (Å²) in [5.74, 6) is -2.15. The van der Waals surface area contributed by atoms with Crippen LogP contribution in [0.25, 0.3) is 0 Å². The number of hydrogen-bond acceptors (Lipinski definition) is 9. The van der Waals surface area contributed by atoms with Gasteiger partial charge in [-0.3, -0.25) is 43.6 Å². The van der Waals surface area contributed by atoms with Gasteiger partial charge in [-0.15, -0.1) is 0 Å². The van der Waals surface area contributed by atoms with Crippen molar-refractivity contribution in [3.63, 3.8) is 0 Å². The number of nitrogens with zero attached hydrogens (tertiary/aromatic N) is 2. The Hall–Kier alpha value is -4.39. The van der Waals surface area contributed by atoms with Crippen molar-refractivity contribution >= 4 is 48.5 Å². The molecule has 0 aliphatic carbocycles. The van der Waals surface area contributed by atoms with Gasteiger partial charge in [0.15, 0.2) is 5.75 Å². The number of carbonyl (C=O) groups is 4. The van der Waals surface area contributed by atoms with Crippen molar-refractivity contribution in [2.75, 3.05) is 24.3 Å². The van der Waals surface area contributed by atoms with Crippen molar-refractivity contribution in [1.82, 2.24) is 4.90 Å². The van der Waals surface area contributed by atoms with E-state index in [4.69, 9.17) is 4.52 Å². The van der Waals surface area contributed by atoms with Crippen LogP contribution in [0.3, 0.4) is 0 Å². The molecule has 1 atom stereocenters. The van der Waals surface area contributed by atoms with E-state index in [0.717, 1.165) is 12.0 Å². The molecule has 1 aliphatic rings. The number of rotatable bonds is 13. The molecule has 14 nitrogen and oxygen atoms in total. The van der Waals surface area contributed by atoms with Gasteiger partial charge in [-0.05, 0) is 48.6 Å². The molecule has 0 saturated heterocycles. The smallest absolute Gasteiger partial charge is 0.402 e. The monoisotopic (exact) mass is 616 g/mol. The first-order valence-electron chi connectivity index (χ1n) is 13.3. The van der Waals surface area contributed by atoms with Gasteiger partial charge in [0, 0.05) is 55.1 Å². The molecule has 2 aromatic rings. The fraction of sp³-hybridized carbons (Fsp3) is 0.357. The van der Waals surface area contributed by atoms with Crippen LogP contribution in [0.15, 0.2) is 48.6 Å². The highest BCUT2D eigenvalue weighted by Gasteiger charge is 2.27. The average Bonchev–Trinajstić information content (AvgIpc) is 3.25. The summed E-state index contributed by atoms with van der Waals surface area (Å²) in [6.45, 7) is 5.72. The van der Waals surface area contributed by atoms with Crippen molar-refractivity contribution < 1.29 is 42.6 Å². The van der Waals surface area contributed by atoms with E-state index in [-0.39, 0.29) is 53.2 Å². The number of carbonyl (C=O) groups excluding carboxylic acids is 4. The van der Waals surface area contributed by atoms with Gasteiger partial charge in [-0.2, -0.15) is 0 Å². The summed E-state index contributed by atoms with van der Waals surface area (Å²) >= 11 is 0. The van der Waals surface area contributed by atoms with E-state index in [1.165, 1.54) is 42.5 Å². The van der Waals surface area contributed by atoms with Crippen LogP contribution in [0, 0.1) is 10.1 Å². The number of benzene rings is 2. The third kappa shape index (κ3) is 9.05. The maximum Gasteiger partial charge on any atom is 0.527 e. The summed E-state index contributed by atoms with van der Waals surface area (Å²) in [5.41, 5.74) is -0.0745. The molecule has 230 valence electrons. The van der Waals surface area contributed by atoms with Crippen LogP contribution in [0.5, 0.6) is 5.75 Å². The second kappa shape index (κ2) is 13.7. The third-order valence-corrected chi connectivity index (χ3v) is 7.30. The highest BCUT2D eigenvalue weighted by Crippen LogP contribution is 2.45. The van der Waals surface area contributed by atoms with E-state index in [0.29, 0.717) is 24.8 Å². The summed E-state index contributed by atoms with van der Waals surface area (Å²) < 4.78 is 21.5. The van der Waals surface area contributed by atoms with Crippen LogP contribution < -0.4 is 15.2 Å². The number of imide groups is 1. The maximum atomic E-state index is 13.0. The number of amides is 4. The average molecular weight is 617 g/mol. The number of phosphoric acid groups is 1. The van der Waals surface area contributed by atoms with E-state index in [2.05, 4.69) is 15.2 Å². The number of phosphoric ester groups is 1. The number of hydrogen-bond donors (Lipinski definition) is 3. The molecule has 0 spiro atoms. The minimum atomic E-state index is -4.52. The van der Waals surface area contributed by atoms with Crippen LogP contribution >= 0.6 is 7.82 Å². The van der Waals surface area contributed by atoms with Gasteiger partial charge in [0.1, 0.15) is 0 Å². The SMILES string of the molecule is COP(=O)(O)Oc1ccc(C(=O)Nc2ccc(C(C)(C)C)c([N+](=O)[O-])c2)cc1NC(=O)CCCCCN1C(=O)C=CC1=O. The van der Waals surface area contributed by atoms with Crippen LogP contribution in [0.4, 0.5) is 17.1 Å². The number of nitro benzene ring substituents is 1. The van der Waals surface area contributed by atoms with Crippen LogP contribution in [0.1, 0.15) is 62.4 Å². The summed E-state index contributed by atoms with van der Waals surface area (Å²) in [7, 11) is -3.56. The Bertz CT molecular complexity index is 1500. The van der Waals surface area contributed by atoms with Gasteiger partial charge in [0.2, 0.25) is 5.91 Å². The number of unbranched alkanes of at least 4 members (excludes halogenated alkanes) is 2. The first kappa shape index (κ1) is 33.1. The van der Waals surface area contributed by atoms with E-state index in [9.17, 15) is 38.8 Å². The van der Waals surface area contributed by atoms with E-state index in [1.54, 1.807) is 6.07 Å². The Labute approximate surface area is 247 Å². The molecule has 3 N–H and O–H groups in total. The molecular formula is C28H33N4O10P. The summed E-state index contributed by atoms with van der Waals surface area (Å²) in [5, 5.41) is 16.8. The third-order valence-electron chi connectivity index (χ3n) is 6.41. The maximum absolute atomic E-state index is 13.0. The zero-order valence-corrected chi connectivity index (χ0v) is 25.0. The van der Waals surface area contributed by atoms with Crippen LogP contribution in [-0.4, -0.2) is 52.0 Å². The molecule has 2 aromatic carbocycles. The fourth-order valence-electron chi connectivity index (χ4n) is 4.20. The largest absolute Gasteiger partial charge is 0.527 e. The van der Waals surface area contributed by atoms with Crippen molar-refractivity contribution in [3.8, 4) is 5.75 Å². The molecule has 43 heavy (non-hydrogen) atoms. The number of anilines is 2. The van der Waals surface area contributed by atoms with Crippen molar-refractivity contribution in [3.05, 3.63) is 69.8 Å². The Morgan fingerprint density at radius 3 is 2.30 bits per heavy atom. The predicted octanol–water partition coefficient (Wildman–Crippen LogP) is 4.69. The lowest BCUT2D eigenvalue weighted by molar-refractivity contribution is -0.385. The summed E-state index contributed by atoms with van der Waals surface area (Å²) in [4.78, 5) is 71.0. The molecule has 1 heterocycles. The van der Waals surface area contributed by atoms with E-state index < -0.39 is 30.0 Å². The highest BCUT2D eigenvalue weighted by molar-refractivity contribution is 7.47. The molecule has 0 aromatic heterocycles. The lowest BCUT2D eigenvalue weighted by atomic mass is 9.85. The predicted molar refractivity (Wildman–Crippen MR) is 157 cm³/mol. The van der Waals surface area contributed by atoms with E-state index in [1.807, 2.05) is 20.8 Å². The van der Waals surface area contributed by atoms with E-state index >= 15 is 0 Å². The van der Waals surface area contributed by atoms with Gasteiger partial charge < -0.3 is 15.2 Å². The van der Waals surface area contributed by atoms with Gasteiger partial charge in [-0.25, -0.2) is 4.57 Å². The first-order chi connectivity index (χ1) is 20.1. The second-order valence-corrected chi connectivity index (χ2v) is 12.2. The summed E-state index contributed by atoms with van der Waals surface area (Å²) in [6.07, 6.45) is 3.86. The Morgan fingerprint density at radius 1 is 1.02 bits per heavy atom. The molecule has 15 heteroatoms. The molecule has 1 aliphatic heterocycles. The highest BCUT2D eigenvalue weighted by atomic mass is 31.2. The first-order valence-corrected chi connectivity index (χ1v) is 14.8.